The highest BCUT2D eigenvalue weighted by atomic mass is 16.7. The minimum Gasteiger partial charge on any atom is -0.465 e. The number of carbonyl (C=O) groups is 1. The second-order valence-corrected chi connectivity index (χ2v) is 9.68. The van der Waals surface area contributed by atoms with E-state index < -0.39 is 5.97 Å². The maximum absolute atomic E-state index is 13.3. The summed E-state index contributed by atoms with van der Waals surface area (Å²) in [6.07, 6.45) is 0.636. The quantitative estimate of drug-likeness (QED) is 0.305. The van der Waals surface area contributed by atoms with Crippen molar-refractivity contribution in [2.45, 2.75) is 59.8 Å². The third-order valence-electron chi connectivity index (χ3n) is 6.86. The van der Waals surface area contributed by atoms with Gasteiger partial charge in [0.05, 0.1) is 12.6 Å². The molecule has 1 N–H and O–H groups in total. The molecule has 11 nitrogen and oxygen atoms in total. The second kappa shape index (κ2) is 11.2. The number of hydrogen-bond donors (Lipinski definition) is 1. The third kappa shape index (κ3) is 5.63. The Morgan fingerprint density at radius 1 is 1.13 bits per heavy atom. The highest BCUT2D eigenvalue weighted by Crippen LogP contribution is 2.34. The Morgan fingerprint density at radius 2 is 1.95 bits per heavy atom. The molecule has 0 aliphatic carbocycles. The molecule has 0 spiro atoms. The number of aryl methyl sites for hydroxylation is 2. The van der Waals surface area contributed by atoms with E-state index in [1.165, 1.54) is 4.68 Å². The zero-order valence-corrected chi connectivity index (χ0v) is 22.6. The summed E-state index contributed by atoms with van der Waals surface area (Å²) in [4.78, 5) is 30.7. The summed E-state index contributed by atoms with van der Waals surface area (Å²) >= 11 is 0. The summed E-state index contributed by atoms with van der Waals surface area (Å²) in [6, 6.07) is 11.6. The van der Waals surface area contributed by atoms with Gasteiger partial charge in [-0.05, 0) is 78.6 Å². The van der Waals surface area contributed by atoms with Crippen molar-refractivity contribution in [2.24, 2.45) is 0 Å². The molecule has 1 aliphatic rings. The number of pyridine rings is 1. The van der Waals surface area contributed by atoms with Gasteiger partial charge in [-0.1, -0.05) is 19.1 Å². The zero-order chi connectivity index (χ0) is 27.5. The molecule has 1 aliphatic heterocycles. The first kappa shape index (κ1) is 26.4. The van der Waals surface area contributed by atoms with Crippen LogP contribution >= 0.6 is 0 Å². The van der Waals surface area contributed by atoms with Gasteiger partial charge in [0, 0.05) is 29.6 Å². The molecule has 204 valence electrons. The van der Waals surface area contributed by atoms with E-state index in [0.717, 1.165) is 27.6 Å². The first-order chi connectivity index (χ1) is 18.9. The number of rotatable bonds is 10. The monoisotopic (exact) mass is 532 g/mol. The molecule has 11 heteroatoms. The summed E-state index contributed by atoms with van der Waals surface area (Å²) in [7, 11) is 0. The van der Waals surface area contributed by atoms with E-state index in [9.17, 15) is 9.59 Å². The van der Waals surface area contributed by atoms with Crippen LogP contribution in [0.4, 0.5) is 0 Å². The Kier molecular flexibility index (Phi) is 7.60. The second-order valence-electron chi connectivity index (χ2n) is 9.68. The summed E-state index contributed by atoms with van der Waals surface area (Å²) in [5.41, 5.74) is 4.45. The number of nitrogens with zero attached hydrogens (tertiary/aromatic N) is 5. The number of tetrazole rings is 1. The number of benzene rings is 2. The molecule has 0 saturated heterocycles. The molecule has 0 fully saturated rings. The van der Waals surface area contributed by atoms with Gasteiger partial charge >= 0.3 is 5.97 Å². The predicted octanol–water partition coefficient (Wildman–Crippen LogP) is 3.58. The van der Waals surface area contributed by atoms with E-state index >= 15 is 0 Å². The normalized spacial score (nSPS) is 13.3. The molecule has 1 atom stereocenters. The SMILES string of the molecule is CCOC(=O)Cn1nnnc1[C@@H](CC)N(Cc1ccc2c(c1)OCO2)Cc1cc2c(C)cc(C)cc2[nH]c1=O. The van der Waals surface area contributed by atoms with Gasteiger partial charge in [-0.2, -0.15) is 0 Å². The van der Waals surface area contributed by atoms with Crippen molar-refractivity contribution in [3.63, 3.8) is 0 Å². The summed E-state index contributed by atoms with van der Waals surface area (Å²) in [5, 5.41) is 13.2. The molecular weight excluding hydrogens is 500 g/mol. The molecular formula is C28H32N6O5. The number of ether oxygens (including phenoxy) is 3. The number of fused-ring (bicyclic) bond motifs is 2. The number of aromatic amines is 1. The Morgan fingerprint density at radius 3 is 2.74 bits per heavy atom. The fourth-order valence-corrected chi connectivity index (χ4v) is 5.10. The van der Waals surface area contributed by atoms with E-state index in [1.54, 1.807) is 6.92 Å². The van der Waals surface area contributed by atoms with Crippen LogP contribution in [-0.2, 0) is 29.2 Å². The van der Waals surface area contributed by atoms with Gasteiger partial charge in [0.1, 0.15) is 6.54 Å². The molecule has 5 rings (SSSR count). The van der Waals surface area contributed by atoms with E-state index in [2.05, 4.69) is 31.5 Å². The first-order valence-corrected chi connectivity index (χ1v) is 13.0. The van der Waals surface area contributed by atoms with Crippen molar-refractivity contribution in [1.82, 2.24) is 30.1 Å². The lowest BCUT2D eigenvalue weighted by Gasteiger charge is -2.30. The zero-order valence-electron chi connectivity index (χ0n) is 22.6. The molecule has 0 saturated carbocycles. The van der Waals surface area contributed by atoms with Crippen molar-refractivity contribution in [2.75, 3.05) is 13.4 Å². The van der Waals surface area contributed by atoms with Crippen LogP contribution in [-0.4, -0.2) is 49.5 Å². The summed E-state index contributed by atoms with van der Waals surface area (Å²) in [6.45, 7) is 9.01. The predicted molar refractivity (Wildman–Crippen MR) is 143 cm³/mol. The van der Waals surface area contributed by atoms with Crippen LogP contribution in [0.1, 0.15) is 54.4 Å². The van der Waals surface area contributed by atoms with Crippen LogP contribution in [0.5, 0.6) is 11.5 Å². The Hall–Kier alpha value is -4.25. The number of esters is 1. The molecule has 39 heavy (non-hydrogen) atoms. The van der Waals surface area contributed by atoms with Gasteiger partial charge in [0.25, 0.3) is 5.56 Å². The Bertz CT molecular complexity index is 1560. The highest BCUT2D eigenvalue weighted by molar-refractivity contribution is 5.83. The van der Waals surface area contributed by atoms with Gasteiger partial charge in [0.2, 0.25) is 6.79 Å². The fourth-order valence-electron chi connectivity index (χ4n) is 5.10. The molecule has 0 bridgehead atoms. The Labute approximate surface area is 225 Å². The first-order valence-electron chi connectivity index (χ1n) is 13.0. The maximum Gasteiger partial charge on any atom is 0.327 e. The molecule has 4 aromatic rings. The van der Waals surface area contributed by atoms with E-state index in [1.807, 2.05) is 51.1 Å². The fraction of sp³-hybridized carbons (Fsp3) is 0.393. The summed E-state index contributed by atoms with van der Waals surface area (Å²) in [5.74, 6) is 1.49. The molecule has 2 aromatic heterocycles. The van der Waals surface area contributed by atoms with E-state index in [0.29, 0.717) is 42.4 Å². The van der Waals surface area contributed by atoms with Gasteiger partial charge in [-0.3, -0.25) is 14.5 Å². The minimum absolute atomic E-state index is 0.0976. The third-order valence-corrected chi connectivity index (χ3v) is 6.86. The van der Waals surface area contributed by atoms with Gasteiger partial charge in [-0.15, -0.1) is 5.10 Å². The van der Waals surface area contributed by atoms with Gasteiger partial charge < -0.3 is 19.2 Å². The van der Waals surface area contributed by atoms with Crippen molar-refractivity contribution in [3.8, 4) is 11.5 Å². The molecule has 0 unspecified atom stereocenters. The minimum atomic E-state index is -0.417. The van der Waals surface area contributed by atoms with Crippen molar-refractivity contribution >= 4 is 16.9 Å². The number of nitrogens with one attached hydrogen (secondary N) is 1. The van der Waals surface area contributed by atoms with Crippen molar-refractivity contribution in [3.05, 3.63) is 74.8 Å². The van der Waals surface area contributed by atoms with Crippen molar-refractivity contribution < 1.29 is 19.0 Å². The average Bonchev–Trinajstić information content (AvgIpc) is 3.54. The lowest BCUT2D eigenvalue weighted by molar-refractivity contribution is -0.144. The Balaban J connectivity index is 1.53. The van der Waals surface area contributed by atoms with Gasteiger partial charge in [-0.25, -0.2) is 4.68 Å². The van der Waals surface area contributed by atoms with Crippen LogP contribution < -0.4 is 15.0 Å². The van der Waals surface area contributed by atoms with Crippen molar-refractivity contribution in [1.29, 1.82) is 0 Å². The average molecular weight is 533 g/mol. The van der Waals surface area contributed by atoms with Crippen LogP contribution in [0.25, 0.3) is 10.9 Å². The number of carbonyl (C=O) groups excluding carboxylic acids is 1. The molecule has 3 heterocycles. The van der Waals surface area contributed by atoms with E-state index in [4.69, 9.17) is 14.2 Å². The number of H-pyrrole nitrogens is 1. The van der Waals surface area contributed by atoms with Crippen LogP contribution in [0, 0.1) is 13.8 Å². The molecule has 0 radical (unpaired) electrons. The largest absolute Gasteiger partial charge is 0.465 e. The maximum atomic E-state index is 13.3. The number of hydrogen-bond acceptors (Lipinski definition) is 9. The summed E-state index contributed by atoms with van der Waals surface area (Å²) < 4.78 is 17.6. The van der Waals surface area contributed by atoms with E-state index in [-0.39, 0.29) is 31.5 Å². The van der Waals surface area contributed by atoms with Crippen LogP contribution in [0.2, 0.25) is 0 Å². The standard InChI is InChI=1S/C28H32N6O5/c1-5-23(27-30-31-32-34(27)15-26(35)37-6-2)33(13-19-7-8-24-25(11-19)39-16-38-24)14-20-12-21-18(4)9-17(3)10-22(21)29-28(20)36/h7-12,23H,5-6,13-16H2,1-4H3,(H,29,36)/t23-/m1/s1. The topological polar surface area (TPSA) is 124 Å². The lowest BCUT2D eigenvalue weighted by Crippen LogP contribution is -2.33. The molecule has 2 aromatic carbocycles. The van der Waals surface area contributed by atoms with Crippen LogP contribution in [0.3, 0.4) is 0 Å². The highest BCUT2D eigenvalue weighted by Gasteiger charge is 2.27. The number of aromatic nitrogens is 5. The van der Waals surface area contributed by atoms with Crippen LogP contribution in [0.15, 0.2) is 41.2 Å². The van der Waals surface area contributed by atoms with Gasteiger partial charge in [0.15, 0.2) is 17.3 Å². The smallest absolute Gasteiger partial charge is 0.327 e. The lowest BCUT2D eigenvalue weighted by atomic mass is 10.0. The molecule has 0 amide bonds.